The maximum Gasteiger partial charge on any atom is 0.0325 e. The lowest BCUT2D eigenvalue weighted by Crippen LogP contribution is -2.35. The van der Waals surface area contributed by atoms with Crippen LogP contribution in [-0.4, -0.2) is 18.1 Å². The standard InChI is InChI=1S/C15H23NS/c1-3-13(11-17-2)16-15-10-6-8-12-7-4-5-9-14(12)15/h4-5,7,9,13,15-16H,3,6,8,10-11H2,1-2H3. The lowest BCUT2D eigenvalue weighted by molar-refractivity contribution is 0.406. The number of thioether (sulfide) groups is 1. The molecule has 0 saturated heterocycles. The van der Waals surface area contributed by atoms with Crippen LogP contribution in [0.25, 0.3) is 0 Å². The molecule has 1 aliphatic carbocycles. The number of benzene rings is 1. The Kier molecular flexibility index (Phi) is 4.93. The largest absolute Gasteiger partial charge is 0.306 e. The minimum atomic E-state index is 0.581. The van der Waals surface area contributed by atoms with E-state index in [1.807, 2.05) is 11.8 Å². The predicted octanol–water partition coefficient (Wildman–Crippen LogP) is 3.80. The summed E-state index contributed by atoms with van der Waals surface area (Å²) in [6.07, 6.45) is 7.29. The molecule has 0 aliphatic heterocycles. The van der Waals surface area contributed by atoms with E-state index in [9.17, 15) is 0 Å². The Labute approximate surface area is 109 Å². The van der Waals surface area contributed by atoms with Gasteiger partial charge in [0.15, 0.2) is 0 Å². The van der Waals surface area contributed by atoms with Crippen molar-refractivity contribution in [2.45, 2.75) is 44.7 Å². The molecule has 0 saturated carbocycles. The summed E-state index contributed by atoms with van der Waals surface area (Å²) in [5.41, 5.74) is 3.09. The van der Waals surface area contributed by atoms with Crippen molar-refractivity contribution in [2.75, 3.05) is 12.0 Å². The fourth-order valence-electron chi connectivity index (χ4n) is 2.70. The Hall–Kier alpha value is -0.470. The van der Waals surface area contributed by atoms with Crippen molar-refractivity contribution in [1.29, 1.82) is 0 Å². The van der Waals surface area contributed by atoms with Gasteiger partial charge in [0.25, 0.3) is 0 Å². The zero-order chi connectivity index (χ0) is 12.1. The van der Waals surface area contributed by atoms with E-state index >= 15 is 0 Å². The Balaban J connectivity index is 2.07. The molecular formula is C15H23NS. The van der Waals surface area contributed by atoms with Crippen molar-refractivity contribution in [1.82, 2.24) is 5.32 Å². The molecule has 0 bridgehead atoms. The summed E-state index contributed by atoms with van der Waals surface area (Å²) in [4.78, 5) is 0. The molecule has 0 fully saturated rings. The van der Waals surface area contributed by atoms with Crippen LogP contribution in [0.2, 0.25) is 0 Å². The maximum absolute atomic E-state index is 3.84. The number of rotatable bonds is 5. The number of aryl methyl sites for hydroxylation is 1. The van der Waals surface area contributed by atoms with E-state index in [1.54, 1.807) is 11.1 Å². The van der Waals surface area contributed by atoms with Crippen LogP contribution in [0.1, 0.15) is 43.4 Å². The first kappa shape index (κ1) is 13.0. The van der Waals surface area contributed by atoms with E-state index in [2.05, 4.69) is 42.8 Å². The molecule has 94 valence electrons. The highest BCUT2D eigenvalue weighted by Gasteiger charge is 2.21. The Morgan fingerprint density at radius 2 is 2.24 bits per heavy atom. The molecule has 17 heavy (non-hydrogen) atoms. The zero-order valence-electron chi connectivity index (χ0n) is 10.9. The van der Waals surface area contributed by atoms with E-state index < -0.39 is 0 Å². The fraction of sp³-hybridized carbons (Fsp3) is 0.600. The molecule has 0 amide bonds. The van der Waals surface area contributed by atoms with Crippen molar-refractivity contribution in [2.24, 2.45) is 0 Å². The number of fused-ring (bicyclic) bond motifs is 1. The minimum absolute atomic E-state index is 0.581. The lowest BCUT2D eigenvalue weighted by Gasteiger charge is -2.30. The van der Waals surface area contributed by atoms with Gasteiger partial charge in [0.05, 0.1) is 0 Å². The number of nitrogens with one attached hydrogen (secondary N) is 1. The van der Waals surface area contributed by atoms with E-state index in [0.29, 0.717) is 12.1 Å². The van der Waals surface area contributed by atoms with Crippen molar-refractivity contribution >= 4 is 11.8 Å². The second kappa shape index (κ2) is 6.46. The van der Waals surface area contributed by atoms with Gasteiger partial charge in [-0.1, -0.05) is 31.2 Å². The smallest absolute Gasteiger partial charge is 0.0325 e. The molecule has 1 aromatic rings. The van der Waals surface area contributed by atoms with Crippen LogP contribution < -0.4 is 5.32 Å². The van der Waals surface area contributed by atoms with Crippen molar-refractivity contribution in [3.8, 4) is 0 Å². The second-order valence-corrected chi connectivity index (χ2v) is 5.78. The summed E-state index contributed by atoms with van der Waals surface area (Å²) in [7, 11) is 0. The van der Waals surface area contributed by atoms with Gasteiger partial charge in [-0.2, -0.15) is 11.8 Å². The molecule has 1 aliphatic rings. The van der Waals surface area contributed by atoms with Gasteiger partial charge in [-0.3, -0.25) is 0 Å². The first-order valence-corrected chi connectivity index (χ1v) is 8.07. The Bertz CT molecular complexity index is 351. The summed E-state index contributed by atoms with van der Waals surface area (Å²) in [5.74, 6) is 1.22. The molecule has 2 heteroatoms. The highest BCUT2D eigenvalue weighted by atomic mass is 32.2. The molecule has 2 atom stereocenters. The third-order valence-electron chi connectivity index (χ3n) is 3.67. The van der Waals surface area contributed by atoms with Crippen LogP contribution in [0, 0.1) is 0 Å². The average Bonchev–Trinajstić information content (AvgIpc) is 2.38. The van der Waals surface area contributed by atoms with Gasteiger partial charge in [-0.25, -0.2) is 0 Å². The summed E-state index contributed by atoms with van der Waals surface area (Å²) in [5, 5.41) is 3.84. The summed E-state index contributed by atoms with van der Waals surface area (Å²) < 4.78 is 0. The quantitative estimate of drug-likeness (QED) is 0.852. The normalized spacial score (nSPS) is 20.9. The molecule has 2 unspecified atom stereocenters. The van der Waals surface area contributed by atoms with E-state index in [4.69, 9.17) is 0 Å². The number of hydrogen-bond donors (Lipinski definition) is 1. The third-order valence-corrected chi connectivity index (χ3v) is 4.40. The Morgan fingerprint density at radius 3 is 3.00 bits per heavy atom. The van der Waals surface area contributed by atoms with Crippen LogP contribution in [0.15, 0.2) is 24.3 Å². The summed E-state index contributed by atoms with van der Waals surface area (Å²) >= 11 is 1.94. The molecule has 1 N–H and O–H groups in total. The van der Waals surface area contributed by atoms with E-state index in [-0.39, 0.29) is 0 Å². The SMILES string of the molecule is CCC(CSC)NC1CCCc2ccccc21. The lowest BCUT2D eigenvalue weighted by atomic mass is 9.87. The topological polar surface area (TPSA) is 12.0 Å². The predicted molar refractivity (Wildman–Crippen MR) is 77.7 cm³/mol. The van der Waals surface area contributed by atoms with Gasteiger partial charge in [0.2, 0.25) is 0 Å². The summed E-state index contributed by atoms with van der Waals surface area (Å²) in [6, 6.07) is 10.2. The summed E-state index contributed by atoms with van der Waals surface area (Å²) in [6.45, 7) is 2.28. The first-order chi connectivity index (χ1) is 8.35. The van der Waals surface area contributed by atoms with Crippen LogP contribution in [-0.2, 0) is 6.42 Å². The second-order valence-electron chi connectivity index (χ2n) is 4.87. The molecule has 1 aromatic carbocycles. The molecule has 2 rings (SSSR count). The molecule has 0 heterocycles. The molecule has 0 radical (unpaired) electrons. The highest BCUT2D eigenvalue weighted by molar-refractivity contribution is 7.98. The van der Waals surface area contributed by atoms with Crippen LogP contribution in [0.5, 0.6) is 0 Å². The molecular weight excluding hydrogens is 226 g/mol. The van der Waals surface area contributed by atoms with E-state index in [0.717, 1.165) is 0 Å². The van der Waals surface area contributed by atoms with Crippen molar-refractivity contribution in [3.05, 3.63) is 35.4 Å². The van der Waals surface area contributed by atoms with Crippen LogP contribution in [0.3, 0.4) is 0 Å². The maximum atomic E-state index is 3.84. The third kappa shape index (κ3) is 3.26. The van der Waals surface area contributed by atoms with Gasteiger partial charge in [0, 0.05) is 17.8 Å². The van der Waals surface area contributed by atoms with Gasteiger partial charge in [-0.15, -0.1) is 0 Å². The zero-order valence-corrected chi connectivity index (χ0v) is 11.7. The number of hydrogen-bond acceptors (Lipinski definition) is 2. The molecule has 0 spiro atoms. The van der Waals surface area contributed by atoms with Gasteiger partial charge in [0.1, 0.15) is 0 Å². The minimum Gasteiger partial charge on any atom is -0.306 e. The molecule has 1 nitrogen and oxygen atoms in total. The van der Waals surface area contributed by atoms with Gasteiger partial charge < -0.3 is 5.32 Å². The fourth-order valence-corrected chi connectivity index (χ4v) is 3.43. The van der Waals surface area contributed by atoms with Crippen molar-refractivity contribution in [3.63, 3.8) is 0 Å². The van der Waals surface area contributed by atoms with Gasteiger partial charge in [-0.05, 0) is 43.1 Å². The monoisotopic (exact) mass is 249 g/mol. The molecule has 0 aromatic heterocycles. The highest BCUT2D eigenvalue weighted by Crippen LogP contribution is 2.30. The van der Waals surface area contributed by atoms with Crippen molar-refractivity contribution < 1.29 is 0 Å². The van der Waals surface area contributed by atoms with Crippen LogP contribution >= 0.6 is 11.8 Å². The van der Waals surface area contributed by atoms with Crippen LogP contribution in [0.4, 0.5) is 0 Å². The first-order valence-electron chi connectivity index (χ1n) is 6.68. The average molecular weight is 249 g/mol. The Morgan fingerprint density at radius 1 is 1.41 bits per heavy atom. The van der Waals surface area contributed by atoms with E-state index in [1.165, 1.54) is 31.4 Å². The van der Waals surface area contributed by atoms with Gasteiger partial charge >= 0.3 is 0 Å².